The molecule has 0 bridgehead atoms. The fourth-order valence-electron chi connectivity index (χ4n) is 3.73. The molecule has 0 amide bonds. The number of nitrogens with zero attached hydrogens (tertiary/aromatic N) is 5. The van der Waals surface area contributed by atoms with E-state index < -0.39 is 41.8 Å². The number of hydrogen-bond acceptors (Lipinski definition) is 10. The Balaban J connectivity index is 1.79. The normalized spacial score (nSPS) is 39.5. The maximum absolute atomic E-state index is 11.8. The number of aliphatic carboxylic acids is 1. The highest BCUT2D eigenvalue weighted by atomic mass is 16.5. The number of carboxylic acids is 1. The van der Waals surface area contributed by atoms with Crippen LogP contribution in [0.25, 0.3) is 0 Å². The van der Waals surface area contributed by atoms with Crippen molar-refractivity contribution in [3.05, 3.63) is 12.0 Å². The van der Waals surface area contributed by atoms with E-state index in [4.69, 9.17) is 4.74 Å². The van der Waals surface area contributed by atoms with Gasteiger partial charge in [-0.2, -0.15) is 0 Å². The van der Waals surface area contributed by atoms with Crippen molar-refractivity contribution in [2.45, 2.75) is 56.1 Å². The van der Waals surface area contributed by atoms with E-state index in [0.717, 1.165) is 0 Å². The number of aromatic nitrogens is 2. The number of imidazole rings is 1. The van der Waals surface area contributed by atoms with Crippen molar-refractivity contribution in [2.24, 2.45) is 9.98 Å². The molecule has 0 saturated carbocycles. The van der Waals surface area contributed by atoms with Gasteiger partial charge in [0.25, 0.3) is 0 Å². The van der Waals surface area contributed by atoms with Gasteiger partial charge in [0.2, 0.25) is 0 Å². The number of rotatable bonds is 3. The van der Waals surface area contributed by atoms with Crippen molar-refractivity contribution in [1.82, 2.24) is 14.5 Å². The Morgan fingerprint density at radius 2 is 2.11 bits per heavy atom. The topological polar surface area (TPSA) is 173 Å². The Bertz CT molecular complexity index is 881. The van der Waals surface area contributed by atoms with Gasteiger partial charge < -0.3 is 30.3 Å². The molecule has 0 aromatic carbocycles. The first kappa shape index (κ1) is 19.0. The molecule has 1 saturated heterocycles. The Kier molecular flexibility index (Phi) is 4.10. The van der Waals surface area contributed by atoms with Gasteiger partial charge in [0.1, 0.15) is 24.8 Å². The maximum atomic E-state index is 11.8. The lowest BCUT2D eigenvalue weighted by Crippen LogP contribution is -2.69. The summed E-state index contributed by atoms with van der Waals surface area (Å²) in [5, 5.41) is 50.0. The summed E-state index contributed by atoms with van der Waals surface area (Å²) >= 11 is 0. The molecule has 152 valence electrons. The summed E-state index contributed by atoms with van der Waals surface area (Å²) in [5.74, 6) is -1.06. The van der Waals surface area contributed by atoms with E-state index in [1.165, 1.54) is 31.4 Å². The molecular formula is C16H21N5O7. The highest BCUT2D eigenvalue weighted by Crippen LogP contribution is 2.40. The van der Waals surface area contributed by atoms with Crippen molar-refractivity contribution in [3.63, 3.8) is 0 Å². The SMILES string of the molecule is CC1(C(=O)O)N=C2c3ncn(C4CC(O)C(CO)O4)c3N=CN2C(C)(O)C1O. The molecule has 5 N–H and O–H groups in total. The second kappa shape index (κ2) is 6.06. The van der Waals surface area contributed by atoms with Crippen molar-refractivity contribution in [2.75, 3.05) is 6.61 Å². The molecule has 0 aliphatic carbocycles. The second-order valence-electron chi connectivity index (χ2n) is 7.44. The van der Waals surface area contributed by atoms with E-state index in [9.17, 15) is 30.3 Å². The molecule has 3 aliphatic rings. The number of hydrogen-bond donors (Lipinski definition) is 5. The Hall–Kier alpha value is -2.38. The zero-order chi connectivity index (χ0) is 20.4. The number of carbonyl (C=O) groups is 1. The molecule has 6 atom stereocenters. The van der Waals surface area contributed by atoms with Gasteiger partial charge in [-0.3, -0.25) is 9.47 Å². The van der Waals surface area contributed by atoms with E-state index >= 15 is 0 Å². The van der Waals surface area contributed by atoms with Crippen LogP contribution in [0.2, 0.25) is 0 Å². The molecule has 12 heteroatoms. The van der Waals surface area contributed by atoms with Gasteiger partial charge in [-0.25, -0.2) is 19.8 Å². The van der Waals surface area contributed by atoms with Gasteiger partial charge in [-0.15, -0.1) is 0 Å². The number of carboxylic acid groups (broad SMARTS) is 1. The van der Waals surface area contributed by atoms with Crippen LogP contribution in [0.3, 0.4) is 0 Å². The Labute approximate surface area is 159 Å². The largest absolute Gasteiger partial charge is 0.479 e. The van der Waals surface area contributed by atoms with Crippen LogP contribution in [-0.2, 0) is 9.53 Å². The lowest BCUT2D eigenvalue weighted by molar-refractivity contribution is -0.173. The molecule has 4 rings (SSSR count). The number of fused-ring (bicyclic) bond motifs is 3. The fourth-order valence-corrected chi connectivity index (χ4v) is 3.73. The quantitative estimate of drug-likeness (QED) is 0.394. The summed E-state index contributed by atoms with van der Waals surface area (Å²) < 4.78 is 7.16. The van der Waals surface area contributed by atoms with Crippen LogP contribution in [-0.4, -0.2) is 94.3 Å². The molecule has 1 fully saturated rings. The van der Waals surface area contributed by atoms with Gasteiger partial charge in [0, 0.05) is 6.42 Å². The Morgan fingerprint density at radius 1 is 1.39 bits per heavy atom. The Morgan fingerprint density at radius 3 is 2.71 bits per heavy atom. The van der Waals surface area contributed by atoms with Crippen LogP contribution in [0.5, 0.6) is 0 Å². The molecule has 6 unspecified atom stereocenters. The summed E-state index contributed by atoms with van der Waals surface area (Å²) in [6.45, 7) is 2.14. The summed E-state index contributed by atoms with van der Waals surface area (Å²) in [4.78, 5) is 25.6. The average Bonchev–Trinajstić information content (AvgIpc) is 3.23. The van der Waals surface area contributed by atoms with Crippen molar-refractivity contribution in [3.8, 4) is 0 Å². The highest BCUT2D eigenvalue weighted by molar-refractivity contribution is 6.11. The van der Waals surface area contributed by atoms with Crippen LogP contribution >= 0.6 is 0 Å². The second-order valence-corrected chi connectivity index (χ2v) is 7.44. The molecule has 1 aromatic rings. The van der Waals surface area contributed by atoms with Crippen LogP contribution in [0.4, 0.5) is 5.82 Å². The van der Waals surface area contributed by atoms with Gasteiger partial charge in [-0.05, 0) is 13.8 Å². The number of amidine groups is 1. The van der Waals surface area contributed by atoms with E-state index in [-0.39, 0.29) is 24.6 Å². The van der Waals surface area contributed by atoms with Crippen molar-refractivity contribution in [1.29, 1.82) is 0 Å². The summed E-state index contributed by atoms with van der Waals surface area (Å²) in [6.07, 6.45) is -1.09. The third kappa shape index (κ3) is 2.42. The lowest BCUT2D eigenvalue weighted by atomic mass is 9.85. The van der Waals surface area contributed by atoms with E-state index in [1.807, 2.05) is 0 Å². The lowest BCUT2D eigenvalue weighted by Gasteiger charge is -2.48. The van der Waals surface area contributed by atoms with Crippen LogP contribution in [0, 0.1) is 0 Å². The fraction of sp³-hybridized carbons (Fsp3) is 0.625. The molecular weight excluding hydrogens is 374 g/mol. The molecule has 0 radical (unpaired) electrons. The average molecular weight is 395 g/mol. The minimum atomic E-state index is -2.00. The van der Waals surface area contributed by atoms with E-state index in [0.29, 0.717) is 5.82 Å². The molecule has 12 nitrogen and oxygen atoms in total. The minimum Gasteiger partial charge on any atom is -0.479 e. The van der Waals surface area contributed by atoms with Crippen LogP contribution < -0.4 is 0 Å². The van der Waals surface area contributed by atoms with Gasteiger partial charge in [-0.1, -0.05) is 0 Å². The molecule has 0 spiro atoms. The van der Waals surface area contributed by atoms with Gasteiger partial charge in [0.15, 0.2) is 28.6 Å². The zero-order valence-electron chi connectivity index (χ0n) is 15.2. The molecule has 28 heavy (non-hydrogen) atoms. The van der Waals surface area contributed by atoms with Gasteiger partial charge >= 0.3 is 5.97 Å². The summed E-state index contributed by atoms with van der Waals surface area (Å²) in [5.41, 5.74) is -3.78. The van der Waals surface area contributed by atoms with Crippen molar-refractivity contribution >= 4 is 24.0 Å². The van der Waals surface area contributed by atoms with E-state index in [2.05, 4.69) is 15.0 Å². The first-order valence-electron chi connectivity index (χ1n) is 8.70. The number of ether oxygens (including phenoxy) is 1. The van der Waals surface area contributed by atoms with Crippen LogP contribution in [0.15, 0.2) is 16.3 Å². The van der Waals surface area contributed by atoms with Gasteiger partial charge in [0.05, 0.1) is 19.0 Å². The zero-order valence-corrected chi connectivity index (χ0v) is 15.2. The third-order valence-electron chi connectivity index (χ3n) is 5.51. The molecule has 3 aliphatic heterocycles. The number of aliphatic hydroxyl groups excluding tert-OH is 3. The highest BCUT2D eigenvalue weighted by Gasteiger charge is 2.58. The smallest absolute Gasteiger partial charge is 0.334 e. The standard InChI is InChI=1S/C16H21N5O7/c1-15(14(25)26)13(24)16(2,27)21-6-18-11-10(12(21)19-15)17-5-20(11)9-3-7(23)8(4-22)28-9/h5-9,13,22-24,27H,3-4H2,1-2H3,(H,25,26). The van der Waals surface area contributed by atoms with E-state index in [1.54, 1.807) is 4.57 Å². The first-order chi connectivity index (χ1) is 13.1. The monoisotopic (exact) mass is 395 g/mol. The summed E-state index contributed by atoms with van der Waals surface area (Å²) in [6, 6.07) is 0. The predicted molar refractivity (Wildman–Crippen MR) is 93.0 cm³/mol. The minimum absolute atomic E-state index is 0.0428. The first-order valence-corrected chi connectivity index (χ1v) is 8.70. The predicted octanol–water partition coefficient (Wildman–Crippen LogP) is -1.83. The molecule has 1 aromatic heterocycles. The molecule has 4 heterocycles. The maximum Gasteiger partial charge on any atom is 0.334 e. The summed E-state index contributed by atoms with van der Waals surface area (Å²) in [7, 11) is 0. The third-order valence-corrected chi connectivity index (χ3v) is 5.51. The van der Waals surface area contributed by atoms with Crippen LogP contribution in [0.1, 0.15) is 32.2 Å². The van der Waals surface area contributed by atoms with Crippen molar-refractivity contribution < 1.29 is 35.1 Å². The number of aliphatic imine (C=N–C) groups is 2. The number of aliphatic hydroxyl groups is 4.